The molecule has 0 aromatic heterocycles. The number of allylic oxidation sites excluding steroid dienone is 3. The molecule has 0 radical (unpaired) electrons. The van der Waals surface area contributed by atoms with Gasteiger partial charge in [0.2, 0.25) is 0 Å². The third-order valence-electron chi connectivity index (χ3n) is 4.97. The molecule has 0 spiro atoms. The van der Waals surface area contributed by atoms with Gasteiger partial charge in [0, 0.05) is 11.5 Å². The van der Waals surface area contributed by atoms with Crippen molar-refractivity contribution in [1.29, 1.82) is 0 Å². The Morgan fingerprint density at radius 1 is 1.35 bits per heavy atom. The molecule has 2 atom stereocenters. The molecule has 2 rings (SSSR count). The van der Waals surface area contributed by atoms with Crippen LogP contribution < -0.4 is 0 Å². The number of phenolic OH excluding ortho intramolecular Hbond substituents is 2. The number of hydrogen-bond acceptors (Lipinski definition) is 5. The molecule has 0 amide bonds. The Kier molecular flexibility index (Phi) is 6.66. The van der Waals surface area contributed by atoms with E-state index in [0.717, 1.165) is 24.0 Å². The summed E-state index contributed by atoms with van der Waals surface area (Å²) >= 11 is 0. The normalized spacial score (nSPS) is 19.7. The van der Waals surface area contributed by atoms with E-state index in [1.807, 2.05) is 6.92 Å². The minimum atomic E-state index is -0.801. The quantitative estimate of drug-likeness (QED) is 0.304. The predicted octanol–water partition coefficient (Wildman–Crippen LogP) is 4.64. The number of nitrogens with zero attached hydrogens (tertiary/aromatic N) is 1. The van der Waals surface area contributed by atoms with E-state index in [1.165, 1.54) is 5.57 Å². The zero-order valence-electron chi connectivity index (χ0n) is 15.4. The fourth-order valence-electron chi connectivity index (χ4n) is 3.64. The first-order chi connectivity index (χ1) is 12.3. The smallest absolute Gasteiger partial charge is 0.294 e. The summed E-state index contributed by atoms with van der Waals surface area (Å²) in [6.07, 6.45) is 5.88. The first kappa shape index (κ1) is 19.8. The monoisotopic (exact) mass is 361 g/mol. The molecule has 0 unspecified atom stereocenters. The molecule has 0 heterocycles. The van der Waals surface area contributed by atoms with Crippen LogP contribution in [-0.4, -0.2) is 21.9 Å². The maximum absolute atomic E-state index is 10.6. The van der Waals surface area contributed by atoms with Gasteiger partial charge in [-0.1, -0.05) is 23.8 Å². The van der Waals surface area contributed by atoms with E-state index in [2.05, 4.69) is 24.4 Å². The molecule has 142 valence electrons. The van der Waals surface area contributed by atoms with E-state index in [4.69, 9.17) is 0 Å². The number of unbranched alkanes of at least 4 members (excludes halogenated alkanes) is 1. The minimum absolute atomic E-state index is 0.0511. The van der Waals surface area contributed by atoms with Crippen molar-refractivity contribution in [3.8, 4) is 11.5 Å². The van der Waals surface area contributed by atoms with Crippen LogP contribution in [0.2, 0.25) is 0 Å². The summed E-state index contributed by atoms with van der Waals surface area (Å²) in [5.41, 5.74) is 3.65. The topological polar surface area (TPSA) is 92.8 Å². The maximum atomic E-state index is 10.6. The van der Waals surface area contributed by atoms with Gasteiger partial charge >= 0.3 is 0 Å². The van der Waals surface area contributed by atoms with E-state index in [9.17, 15) is 20.3 Å². The number of hydrogen-bond donors (Lipinski definition) is 2. The summed E-state index contributed by atoms with van der Waals surface area (Å²) < 4.78 is 0. The molecule has 1 aliphatic rings. The Morgan fingerprint density at radius 3 is 2.58 bits per heavy atom. The predicted molar refractivity (Wildman–Crippen MR) is 99.7 cm³/mol. The lowest BCUT2D eigenvalue weighted by Crippen LogP contribution is -2.17. The molecular formula is C20H27NO5. The number of benzene rings is 1. The molecule has 0 saturated heterocycles. The summed E-state index contributed by atoms with van der Waals surface area (Å²) in [4.78, 5) is 14.4. The van der Waals surface area contributed by atoms with Crippen molar-refractivity contribution in [3.63, 3.8) is 0 Å². The molecule has 6 heteroatoms. The van der Waals surface area contributed by atoms with Crippen LogP contribution in [0.5, 0.6) is 11.5 Å². The SMILES string of the molecule is C=C(C)[C@@H]1CCC(C)=C[C@H]1c1c(O)cc(CCCCO[N+](=O)[O-])cc1O. The third-order valence-corrected chi connectivity index (χ3v) is 4.97. The molecule has 1 aromatic carbocycles. The molecule has 0 fully saturated rings. The molecule has 6 nitrogen and oxygen atoms in total. The highest BCUT2D eigenvalue weighted by molar-refractivity contribution is 5.51. The van der Waals surface area contributed by atoms with Crippen LogP contribution in [0.3, 0.4) is 0 Å². The summed E-state index contributed by atoms with van der Waals surface area (Å²) in [7, 11) is 0. The summed E-state index contributed by atoms with van der Waals surface area (Å²) in [6.45, 7) is 8.18. The average molecular weight is 361 g/mol. The lowest BCUT2D eigenvalue weighted by Gasteiger charge is -2.31. The van der Waals surface area contributed by atoms with Gasteiger partial charge in [0.15, 0.2) is 0 Å². The largest absolute Gasteiger partial charge is 0.507 e. The molecule has 0 aliphatic heterocycles. The Hall–Kier alpha value is -2.50. The maximum Gasteiger partial charge on any atom is 0.294 e. The van der Waals surface area contributed by atoms with Crippen molar-refractivity contribution in [2.24, 2.45) is 5.92 Å². The Balaban J connectivity index is 2.14. The van der Waals surface area contributed by atoms with Crippen molar-refractivity contribution in [2.45, 2.75) is 51.9 Å². The highest BCUT2D eigenvalue weighted by Gasteiger charge is 2.30. The van der Waals surface area contributed by atoms with E-state index in [-0.39, 0.29) is 29.9 Å². The summed E-state index contributed by atoms with van der Waals surface area (Å²) in [5, 5.41) is 30.4. The number of phenols is 2. The van der Waals surface area contributed by atoms with Gasteiger partial charge in [0.25, 0.3) is 5.09 Å². The van der Waals surface area contributed by atoms with Gasteiger partial charge in [-0.2, -0.15) is 0 Å². The summed E-state index contributed by atoms with van der Waals surface area (Å²) in [6, 6.07) is 3.35. The lowest BCUT2D eigenvalue weighted by atomic mass is 9.73. The molecule has 1 aromatic rings. The van der Waals surface area contributed by atoms with Gasteiger partial charge in [-0.25, -0.2) is 0 Å². The second-order valence-electron chi connectivity index (χ2n) is 7.09. The first-order valence-corrected chi connectivity index (χ1v) is 8.94. The fourth-order valence-corrected chi connectivity index (χ4v) is 3.64. The highest BCUT2D eigenvalue weighted by atomic mass is 16.9. The zero-order valence-corrected chi connectivity index (χ0v) is 15.4. The van der Waals surface area contributed by atoms with Gasteiger partial charge in [-0.05, 0) is 69.6 Å². The molecule has 0 saturated carbocycles. The zero-order chi connectivity index (χ0) is 19.3. The van der Waals surface area contributed by atoms with Gasteiger partial charge in [0.1, 0.15) is 11.5 Å². The van der Waals surface area contributed by atoms with Crippen molar-refractivity contribution in [1.82, 2.24) is 0 Å². The molecular weight excluding hydrogens is 334 g/mol. The van der Waals surface area contributed by atoms with Gasteiger partial charge in [0.05, 0.1) is 6.61 Å². The standard InChI is InChI=1S/C20H27NO5/c1-13(2)16-8-7-14(3)10-17(16)20-18(22)11-15(12-19(20)23)6-4-5-9-26-21(24)25/h10-12,16-17,22-23H,1,4-9H2,2-3H3/t16-,17+/m0/s1. The highest BCUT2D eigenvalue weighted by Crippen LogP contribution is 2.46. The molecule has 2 N–H and O–H groups in total. The average Bonchev–Trinajstić information content (AvgIpc) is 2.53. The second kappa shape index (κ2) is 8.74. The Morgan fingerprint density at radius 2 is 2.00 bits per heavy atom. The van der Waals surface area contributed by atoms with Gasteiger partial charge in [-0.3, -0.25) is 0 Å². The van der Waals surface area contributed by atoms with Crippen LogP contribution >= 0.6 is 0 Å². The van der Waals surface area contributed by atoms with Crippen molar-refractivity contribution >= 4 is 0 Å². The Bertz CT molecular complexity index is 687. The number of rotatable bonds is 8. The van der Waals surface area contributed by atoms with Crippen LogP contribution in [0.4, 0.5) is 0 Å². The third kappa shape index (κ3) is 5.00. The van der Waals surface area contributed by atoms with Crippen LogP contribution in [-0.2, 0) is 11.3 Å². The Labute approximate surface area is 153 Å². The molecule has 0 bridgehead atoms. The van der Waals surface area contributed by atoms with Crippen LogP contribution in [0.15, 0.2) is 35.9 Å². The summed E-state index contributed by atoms with van der Waals surface area (Å²) in [5.74, 6) is 0.289. The van der Waals surface area contributed by atoms with Crippen LogP contribution in [0.25, 0.3) is 0 Å². The second-order valence-corrected chi connectivity index (χ2v) is 7.09. The van der Waals surface area contributed by atoms with Gasteiger partial charge < -0.3 is 15.1 Å². The van der Waals surface area contributed by atoms with Crippen molar-refractivity contribution in [3.05, 3.63) is 57.2 Å². The fraction of sp³-hybridized carbons (Fsp3) is 0.500. The van der Waals surface area contributed by atoms with E-state index in [1.54, 1.807) is 12.1 Å². The molecule has 26 heavy (non-hydrogen) atoms. The number of aryl methyl sites for hydroxylation is 1. The van der Waals surface area contributed by atoms with Gasteiger partial charge in [-0.15, -0.1) is 10.1 Å². The molecule has 1 aliphatic carbocycles. The van der Waals surface area contributed by atoms with E-state index < -0.39 is 5.09 Å². The van der Waals surface area contributed by atoms with Crippen molar-refractivity contribution in [2.75, 3.05) is 6.61 Å². The van der Waals surface area contributed by atoms with Crippen LogP contribution in [0.1, 0.15) is 56.6 Å². The lowest BCUT2D eigenvalue weighted by molar-refractivity contribution is -0.757. The number of aromatic hydroxyl groups is 2. The van der Waals surface area contributed by atoms with Crippen LogP contribution in [0, 0.1) is 16.0 Å². The minimum Gasteiger partial charge on any atom is -0.507 e. The first-order valence-electron chi connectivity index (χ1n) is 8.94. The van der Waals surface area contributed by atoms with E-state index in [0.29, 0.717) is 24.8 Å². The van der Waals surface area contributed by atoms with Crippen molar-refractivity contribution < 1.29 is 20.1 Å². The van der Waals surface area contributed by atoms with E-state index >= 15 is 0 Å².